The van der Waals surface area contributed by atoms with Gasteiger partial charge >= 0.3 is 0 Å². The molecular formula is C18H14Cl2F2N4O. The summed E-state index contributed by atoms with van der Waals surface area (Å²) < 4.78 is 32.4. The summed E-state index contributed by atoms with van der Waals surface area (Å²) in [5, 5.41) is 0.611. The standard InChI is InChI=1S/C18H14Cl2F2N4O/c19-16-8-13-14(9-23-16)25-18(17(20)24-13)26-5-3-11(4-6-26)27-15-2-1-10(21)7-12(15)22/h1-2,7-9,11H,3-6H2. The molecule has 1 aliphatic heterocycles. The highest BCUT2D eigenvalue weighted by molar-refractivity contribution is 6.32. The predicted octanol–water partition coefficient (Wildman–Crippen LogP) is 4.66. The number of ether oxygens (including phenoxy) is 1. The molecule has 0 N–H and O–H groups in total. The van der Waals surface area contributed by atoms with Gasteiger partial charge in [-0.2, -0.15) is 0 Å². The molecule has 1 fully saturated rings. The van der Waals surface area contributed by atoms with Crippen LogP contribution in [0.4, 0.5) is 14.6 Å². The highest BCUT2D eigenvalue weighted by Gasteiger charge is 2.24. The van der Waals surface area contributed by atoms with E-state index in [1.807, 2.05) is 4.90 Å². The molecule has 2 aromatic heterocycles. The summed E-state index contributed by atoms with van der Waals surface area (Å²) >= 11 is 12.2. The minimum atomic E-state index is -0.702. The van der Waals surface area contributed by atoms with Crippen molar-refractivity contribution in [3.8, 4) is 5.75 Å². The number of benzene rings is 1. The SMILES string of the molecule is Fc1ccc(OC2CCN(c3nc4cnc(Cl)cc4nc3Cl)CC2)c(F)c1. The second-order valence-electron chi connectivity index (χ2n) is 6.21. The van der Waals surface area contributed by atoms with Crippen molar-refractivity contribution >= 4 is 40.1 Å². The van der Waals surface area contributed by atoms with Crippen LogP contribution in [0, 0.1) is 11.6 Å². The molecule has 0 spiro atoms. The van der Waals surface area contributed by atoms with Crippen LogP contribution in [0.1, 0.15) is 12.8 Å². The minimum Gasteiger partial charge on any atom is -0.487 e. The van der Waals surface area contributed by atoms with Gasteiger partial charge in [0, 0.05) is 38.1 Å². The molecule has 0 amide bonds. The Bertz CT molecular complexity index is 997. The number of nitrogens with zero attached hydrogens (tertiary/aromatic N) is 4. The smallest absolute Gasteiger partial charge is 0.172 e. The third kappa shape index (κ3) is 3.89. The maximum atomic E-state index is 13.8. The molecule has 0 saturated carbocycles. The van der Waals surface area contributed by atoms with Crippen LogP contribution in [0.2, 0.25) is 10.3 Å². The second kappa shape index (κ2) is 7.40. The number of aromatic nitrogens is 3. The first-order valence-corrected chi connectivity index (χ1v) is 9.10. The maximum absolute atomic E-state index is 13.8. The molecule has 27 heavy (non-hydrogen) atoms. The van der Waals surface area contributed by atoms with Crippen LogP contribution in [0.15, 0.2) is 30.5 Å². The van der Waals surface area contributed by atoms with Crippen molar-refractivity contribution in [1.29, 1.82) is 0 Å². The largest absolute Gasteiger partial charge is 0.487 e. The van der Waals surface area contributed by atoms with Crippen molar-refractivity contribution < 1.29 is 13.5 Å². The molecular weight excluding hydrogens is 397 g/mol. The Morgan fingerprint density at radius 1 is 1.04 bits per heavy atom. The molecule has 3 aromatic rings. The second-order valence-corrected chi connectivity index (χ2v) is 6.96. The third-order valence-electron chi connectivity index (χ3n) is 4.39. The van der Waals surface area contributed by atoms with Gasteiger partial charge in [-0.25, -0.2) is 23.7 Å². The highest BCUT2D eigenvalue weighted by Crippen LogP contribution is 2.29. The van der Waals surface area contributed by atoms with Crippen LogP contribution in [-0.2, 0) is 0 Å². The molecule has 1 aliphatic rings. The molecule has 0 aliphatic carbocycles. The lowest BCUT2D eigenvalue weighted by atomic mass is 10.1. The Hall–Kier alpha value is -2.25. The van der Waals surface area contributed by atoms with E-state index in [1.54, 1.807) is 12.3 Å². The van der Waals surface area contributed by atoms with Gasteiger partial charge in [0.1, 0.15) is 22.6 Å². The average molecular weight is 411 g/mol. The molecule has 3 heterocycles. The number of piperidine rings is 1. The fraction of sp³-hybridized carbons (Fsp3) is 0.278. The lowest BCUT2D eigenvalue weighted by Crippen LogP contribution is -2.39. The summed E-state index contributed by atoms with van der Waals surface area (Å²) in [5.74, 6) is -0.706. The van der Waals surface area contributed by atoms with E-state index in [9.17, 15) is 8.78 Å². The van der Waals surface area contributed by atoms with Crippen molar-refractivity contribution in [3.63, 3.8) is 0 Å². The van der Waals surface area contributed by atoms with E-state index in [4.69, 9.17) is 27.9 Å². The molecule has 1 saturated heterocycles. The molecule has 140 valence electrons. The molecule has 0 unspecified atom stereocenters. The van der Waals surface area contributed by atoms with Crippen molar-refractivity contribution in [2.45, 2.75) is 18.9 Å². The molecule has 0 atom stereocenters. The van der Waals surface area contributed by atoms with Gasteiger partial charge in [0.05, 0.1) is 11.7 Å². The van der Waals surface area contributed by atoms with Crippen LogP contribution in [-0.4, -0.2) is 34.1 Å². The van der Waals surface area contributed by atoms with Crippen molar-refractivity contribution in [2.75, 3.05) is 18.0 Å². The molecule has 4 rings (SSSR count). The van der Waals surface area contributed by atoms with Crippen molar-refractivity contribution in [1.82, 2.24) is 15.0 Å². The van der Waals surface area contributed by atoms with Gasteiger partial charge in [-0.15, -0.1) is 0 Å². The van der Waals surface area contributed by atoms with Crippen LogP contribution in [0.3, 0.4) is 0 Å². The van der Waals surface area contributed by atoms with Crippen molar-refractivity contribution in [3.05, 3.63) is 52.4 Å². The monoisotopic (exact) mass is 410 g/mol. The number of hydrogen-bond donors (Lipinski definition) is 0. The van der Waals surface area contributed by atoms with Gasteiger partial charge in [-0.1, -0.05) is 23.2 Å². The molecule has 0 bridgehead atoms. The van der Waals surface area contributed by atoms with Crippen LogP contribution < -0.4 is 9.64 Å². The maximum Gasteiger partial charge on any atom is 0.172 e. The lowest BCUT2D eigenvalue weighted by Gasteiger charge is -2.33. The number of hydrogen-bond acceptors (Lipinski definition) is 5. The van der Waals surface area contributed by atoms with Gasteiger partial charge in [-0.3, -0.25) is 0 Å². The number of rotatable bonds is 3. The van der Waals surface area contributed by atoms with E-state index in [2.05, 4.69) is 15.0 Å². The zero-order valence-corrected chi connectivity index (χ0v) is 15.5. The Labute approximate surface area is 163 Å². The number of halogens is 4. The van der Waals surface area contributed by atoms with Crippen LogP contribution in [0.5, 0.6) is 5.75 Å². The normalized spacial score (nSPS) is 15.3. The molecule has 9 heteroatoms. The molecule has 1 aromatic carbocycles. The van der Waals surface area contributed by atoms with Crippen LogP contribution in [0.25, 0.3) is 11.0 Å². The van der Waals surface area contributed by atoms with Crippen LogP contribution >= 0.6 is 23.2 Å². The van der Waals surface area contributed by atoms with E-state index in [1.165, 1.54) is 12.1 Å². The highest BCUT2D eigenvalue weighted by atomic mass is 35.5. The summed E-state index contributed by atoms with van der Waals surface area (Å²) in [7, 11) is 0. The van der Waals surface area contributed by atoms with E-state index in [-0.39, 0.29) is 17.0 Å². The zero-order valence-electron chi connectivity index (χ0n) is 14.0. The Morgan fingerprint density at radius 3 is 2.56 bits per heavy atom. The first-order valence-electron chi connectivity index (χ1n) is 8.35. The van der Waals surface area contributed by atoms with Crippen molar-refractivity contribution in [2.24, 2.45) is 0 Å². The summed E-state index contributed by atoms with van der Waals surface area (Å²) in [4.78, 5) is 14.9. The lowest BCUT2D eigenvalue weighted by molar-refractivity contribution is 0.163. The number of anilines is 1. The fourth-order valence-corrected chi connectivity index (χ4v) is 3.45. The van der Waals surface area contributed by atoms with Gasteiger partial charge < -0.3 is 9.64 Å². The average Bonchev–Trinajstić information content (AvgIpc) is 2.64. The Morgan fingerprint density at radius 2 is 1.81 bits per heavy atom. The number of pyridine rings is 1. The first kappa shape index (κ1) is 18.1. The summed E-state index contributed by atoms with van der Waals surface area (Å²) in [6.45, 7) is 1.24. The quantitative estimate of drug-likeness (QED) is 0.587. The third-order valence-corrected chi connectivity index (χ3v) is 4.85. The molecule has 5 nitrogen and oxygen atoms in total. The predicted molar refractivity (Wildman–Crippen MR) is 99.6 cm³/mol. The topological polar surface area (TPSA) is 51.1 Å². The summed E-state index contributed by atoms with van der Waals surface area (Å²) in [5.41, 5.74) is 1.18. The van der Waals surface area contributed by atoms with E-state index < -0.39 is 11.6 Å². The first-order chi connectivity index (χ1) is 13.0. The number of fused-ring (bicyclic) bond motifs is 1. The summed E-state index contributed by atoms with van der Waals surface area (Å²) in [6, 6.07) is 4.91. The minimum absolute atomic E-state index is 0.0568. The van der Waals surface area contributed by atoms with Gasteiger partial charge in [0.15, 0.2) is 22.5 Å². The van der Waals surface area contributed by atoms with E-state index in [0.717, 1.165) is 6.07 Å². The Balaban J connectivity index is 1.46. The van der Waals surface area contributed by atoms with Gasteiger partial charge in [0.25, 0.3) is 0 Å². The Kier molecular flexibility index (Phi) is 4.97. The van der Waals surface area contributed by atoms with E-state index in [0.29, 0.717) is 47.9 Å². The zero-order chi connectivity index (χ0) is 19.0. The fourth-order valence-electron chi connectivity index (χ4n) is 3.04. The van der Waals surface area contributed by atoms with Gasteiger partial charge in [0.2, 0.25) is 0 Å². The van der Waals surface area contributed by atoms with Gasteiger partial charge in [-0.05, 0) is 12.1 Å². The van der Waals surface area contributed by atoms with E-state index >= 15 is 0 Å². The molecule has 0 radical (unpaired) electrons. The summed E-state index contributed by atoms with van der Waals surface area (Å²) in [6.07, 6.45) is 2.67.